The summed E-state index contributed by atoms with van der Waals surface area (Å²) in [6, 6.07) is 4.04. The molecule has 6 heteroatoms. The fraction of sp³-hybridized carbons (Fsp3) is 0.167. The number of aryl methyl sites for hydroxylation is 1. The minimum absolute atomic E-state index is 0.00425. The first kappa shape index (κ1) is 11.4. The van der Waals surface area contributed by atoms with E-state index in [0.717, 1.165) is 26.1 Å². The first-order chi connectivity index (χ1) is 8.66. The Bertz CT molecular complexity index is 710. The first-order valence-electron chi connectivity index (χ1n) is 5.38. The Morgan fingerprint density at radius 3 is 3.06 bits per heavy atom. The highest BCUT2D eigenvalue weighted by Crippen LogP contribution is 2.34. The second-order valence-corrected chi connectivity index (χ2v) is 6.05. The number of nitrogens with zero attached hydrogens (tertiary/aromatic N) is 2. The van der Waals surface area contributed by atoms with Gasteiger partial charge < -0.3 is 5.11 Å². The summed E-state index contributed by atoms with van der Waals surface area (Å²) in [4.78, 5) is 18.3. The largest absolute Gasteiger partial charge is 0.481 e. The number of fused-ring (bicyclic) bond motifs is 1. The smallest absolute Gasteiger partial charge is 0.309 e. The number of thiazole rings is 1. The van der Waals surface area contributed by atoms with Gasteiger partial charge in [-0.25, -0.2) is 4.98 Å². The molecule has 0 aliphatic carbocycles. The molecule has 3 rings (SSSR count). The Morgan fingerprint density at radius 1 is 1.56 bits per heavy atom. The van der Waals surface area contributed by atoms with Gasteiger partial charge in [-0.15, -0.1) is 22.7 Å². The van der Waals surface area contributed by atoms with Crippen LogP contribution in [0.25, 0.3) is 15.5 Å². The van der Waals surface area contributed by atoms with Gasteiger partial charge in [0, 0.05) is 4.88 Å². The SMILES string of the molecule is Cc1sc2ncc(CC(=O)O)n2c1-c1cccs1. The van der Waals surface area contributed by atoms with Gasteiger partial charge in [0.25, 0.3) is 0 Å². The molecule has 3 aromatic rings. The van der Waals surface area contributed by atoms with Crippen molar-refractivity contribution in [2.24, 2.45) is 0 Å². The molecule has 0 amide bonds. The lowest BCUT2D eigenvalue weighted by molar-refractivity contribution is -0.136. The molecule has 0 radical (unpaired) electrons. The molecule has 0 saturated carbocycles. The number of carbonyl (C=O) groups is 1. The van der Waals surface area contributed by atoms with Crippen LogP contribution in [0.4, 0.5) is 0 Å². The minimum atomic E-state index is -0.835. The molecule has 1 N–H and O–H groups in total. The Kier molecular flexibility index (Phi) is 2.68. The lowest BCUT2D eigenvalue weighted by atomic mass is 10.3. The van der Waals surface area contributed by atoms with Crippen molar-refractivity contribution in [1.82, 2.24) is 9.38 Å². The lowest BCUT2D eigenvalue weighted by Gasteiger charge is -2.01. The molecule has 0 aromatic carbocycles. The summed E-state index contributed by atoms with van der Waals surface area (Å²) in [5.41, 5.74) is 1.80. The number of aliphatic carboxylic acids is 1. The van der Waals surface area contributed by atoms with Gasteiger partial charge in [0.1, 0.15) is 0 Å². The molecule has 0 aliphatic heterocycles. The highest BCUT2D eigenvalue weighted by Gasteiger charge is 2.17. The van der Waals surface area contributed by atoms with Gasteiger partial charge in [-0.1, -0.05) is 6.07 Å². The quantitative estimate of drug-likeness (QED) is 0.801. The monoisotopic (exact) mass is 278 g/mol. The van der Waals surface area contributed by atoms with E-state index in [1.807, 2.05) is 28.8 Å². The molecule has 0 fully saturated rings. The van der Waals surface area contributed by atoms with Crippen molar-refractivity contribution < 1.29 is 9.90 Å². The molecule has 3 heterocycles. The standard InChI is InChI=1S/C12H10N2O2S2/c1-7-11(9-3-2-4-17-9)14-8(5-10(15)16)6-13-12(14)18-7/h2-4,6H,5H2,1H3,(H,15,16). The van der Waals surface area contributed by atoms with E-state index in [9.17, 15) is 4.79 Å². The number of aromatic nitrogens is 2. The average molecular weight is 278 g/mol. The van der Waals surface area contributed by atoms with E-state index in [-0.39, 0.29) is 6.42 Å². The molecule has 0 saturated heterocycles. The van der Waals surface area contributed by atoms with Gasteiger partial charge in [-0.05, 0) is 18.4 Å². The number of hydrogen-bond acceptors (Lipinski definition) is 4. The number of imidazole rings is 1. The summed E-state index contributed by atoms with van der Waals surface area (Å²) in [5, 5.41) is 11.0. The zero-order chi connectivity index (χ0) is 12.7. The summed E-state index contributed by atoms with van der Waals surface area (Å²) in [6.07, 6.45) is 1.65. The Hall–Kier alpha value is -1.66. The maximum atomic E-state index is 10.9. The normalized spacial score (nSPS) is 11.2. The molecule has 0 atom stereocenters. The van der Waals surface area contributed by atoms with Crippen LogP contribution >= 0.6 is 22.7 Å². The Morgan fingerprint density at radius 2 is 2.39 bits per heavy atom. The number of rotatable bonds is 3. The molecule has 0 aliphatic rings. The van der Waals surface area contributed by atoms with Gasteiger partial charge in [-0.3, -0.25) is 9.20 Å². The zero-order valence-corrected chi connectivity index (χ0v) is 11.2. The van der Waals surface area contributed by atoms with Crippen LogP contribution in [0.3, 0.4) is 0 Å². The second kappa shape index (κ2) is 4.22. The average Bonchev–Trinajstić information content (AvgIpc) is 2.96. The predicted octanol–water partition coefficient (Wildman–Crippen LogP) is 3.06. The second-order valence-electron chi connectivity index (χ2n) is 3.92. The van der Waals surface area contributed by atoms with Gasteiger partial charge in [0.15, 0.2) is 4.96 Å². The third-order valence-corrected chi connectivity index (χ3v) is 4.54. The van der Waals surface area contributed by atoms with Crippen LogP contribution in [0.1, 0.15) is 10.6 Å². The highest BCUT2D eigenvalue weighted by molar-refractivity contribution is 7.18. The third-order valence-electron chi connectivity index (χ3n) is 2.69. The third kappa shape index (κ3) is 1.74. The van der Waals surface area contributed by atoms with Crippen molar-refractivity contribution in [2.75, 3.05) is 0 Å². The van der Waals surface area contributed by atoms with E-state index >= 15 is 0 Å². The summed E-state index contributed by atoms with van der Waals surface area (Å²) in [7, 11) is 0. The molecule has 92 valence electrons. The maximum absolute atomic E-state index is 10.9. The van der Waals surface area contributed by atoms with Crippen molar-refractivity contribution in [1.29, 1.82) is 0 Å². The molecule has 0 bridgehead atoms. The molecular weight excluding hydrogens is 268 g/mol. The van der Waals surface area contributed by atoms with Crippen molar-refractivity contribution >= 4 is 33.6 Å². The Labute approximate surface area is 111 Å². The van der Waals surface area contributed by atoms with E-state index in [1.165, 1.54) is 0 Å². The number of thiophene rings is 1. The van der Waals surface area contributed by atoms with E-state index in [2.05, 4.69) is 4.98 Å². The van der Waals surface area contributed by atoms with Crippen molar-refractivity contribution in [3.8, 4) is 10.6 Å². The van der Waals surface area contributed by atoms with Crippen molar-refractivity contribution in [3.63, 3.8) is 0 Å². The maximum Gasteiger partial charge on any atom is 0.309 e. The molecule has 4 nitrogen and oxygen atoms in total. The Balaban J connectivity index is 2.26. The highest BCUT2D eigenvalue weighted by atomic mass is 32.1. The summed E-state index contributed by atoms with van der Waals surface area (Å²) >= 11 is 3.24. The van der Waals surface area contributed by atoms with Crippen LogP contribution in [0.15, 0.2) is 23.7 Å². The molecule has 0 unspecified atom stereocenters. The first-order valence-corrected chi connectivity index (χ1v) is 7.08. The molecule has 18 heavy (non-hydrogen) atoms. The zero-order valence-electron chi connectivity index (χ0n) is 9.58. The number of carboxylic acids is 1. The summed E-state index contributed by atoms with van der Waals surface area (Å²) < 4.78 is 1.96. The van der Waals surface area contributed by atoms with E-state index in [0.29, 0.717) is 0 Å². The predicted molar refractivity (Wildman–Crippen MR) is 72.5 cm³/mol. The minimum Gasteiger partial charge on any atom is -0.481 e. The van der Waals surface area contributed by atoms with Crippen LogP contribution in [0.2, 0.25) is 0 Å². The van der Waals surface area contributed by atoms with Gasteiger partial charge in [0.2, 0.25) is 0 Å². The molecule has 3 aromatic heterocycles. The van der Waals surface area contributed by atoms with Crippen LogP contribution in [0, 0.1) is 6.92 Å². The van der Waals surface area contributed by atoms with E-state index in [4.69, 9.17) is 5.11 Å². The lowest BCUT2D eigenvalue weighted by Crippen LogP contribution is -2.03. The van der Waals surface area contributed by atoms with E-state index in [1.54, 1.807) is 28.9 Å². The number of carboxylic acid groups (broad SMARTS) is 1. The van der Waals surface area contributed by atoms with Crippen molar-refractivity contribution in [3.05, 3.63) is 34.3 Å². The fourth-order valence-electron chi connectivity index (χ4n) is 2.00. The summed E-state index contributed by atoms with van der Waals surface area (Å²) in [6.45, 7) is 2.04. The van der Waals surface area contributed by atoms with Crippen LogP contribution < -0.4 is 0 Å². The number of hydrogen-bond donors (Lipinski definition) is 1. The van der Waals surface area contributed by atoms with Crippen LogP contribution in [-0.2, 0) is 11.2 Å². The fourth-order valence-corrected chi connectivity index (χ4v) is 3.86. The topological polar surface area (TPSA) is 54.6 Å². The van der Waals surface area contributed by atoms with Gasteiger partial charge in [0.05, 0.1) is 28.9 Å². The van der Waals surface area contributed by atoms with E-state index < -0.39 is 5.97 Å². The van der Waals surface area contributed by atoms with Crippen molar-refractivity contribution in [2.45, 2.75) is 13.3 Å². The molecule has 0 spiro atoms. The summed E-state index contributed by atoms with van der Waals surface area (Å²) in [5.74, 6) is -0.835. The van der Waals surface area contributed by atoms with Crippen LogP contribution in [-0.4, -0.2) is 20.5 Å². The van der Waals surface area contributed by atoms with Gasteiger partial charge in [-0.2, -0.15) is 0 Å². The van der Waals surface area contributed by atoms with Gasteiger partial charge >= 0.3 is 5.97 Å². The molecular formula is C12H10N2O2S2. The van der Waals surface area contributed by atoms with Crippen LogP contribution in [0.5, 0.6) is 0 Å².